The standard InChI is InChI=1S/C14H29I/c1-3-5-7-8-9-10-11-13-14(15)12-6-4-2/h14H,3-13H2,1-2H3. The van der Waals surface area contributed by atoms with Crippen molar-refractivity contribution in [2.75, 3.05) is 0 Å². The van der Waals surface area contributed by atoms with Crippen molar-refractivity contribution in [1.29, 1.82) is 0 Å². The van der Waals surface area contributed by atoms with Crippen molar-refractivity contribution in [3.63, 3.8) is 0 Å². The molecule has 92 valence electrons. The SMILES string of the molecule is CCCCCCCCCC(I)CCCC. The predicted octanol–water partition coefficient (Wildman–Crippen LogP) is 6.12. The Morgan fingerprint density at radius 1 is 0.667 bits per heavy atom. The van der Waals surface area contributed by atoms with Crippen molar-refractivity contribution in [2.24, 2.45) is 0 Å². The molecule has 0 aromatic rings. The third-order valence-electron chi connectivity index (χ3n) is 2.99. The van der Waals surface area contributed by atoms with Gasteiger partial charge in [-0.3, -0.25) is 0 Å². The van der Waals surface area contributed by atoms with Gasteiger partial charge in [-0.2, -0.15) is 0 Å². The first-order chi connectivity index (χ1) is 7.31. The van der Waals surface area contributed by atoms with Crippen molar-refractivity contribution in [3.05, 3.63) is 0 Å². The summed E-state index contributed by atoms with van der Waals surface area (Å²) >= 11 is 2.64. The van der Waals surface area contributed by atoms with E-state index in [1.807, 2.05) is 0 Å². The molecule has 0 aliphatic heterocycles. The molecule has 0 fully saturated rings. The van der Waals surface area contributed by atoms with Crippen LogP contribution in [0, 0.1) is 0 Å². The largest absolute Gasteiger partial charge is 0.0826 e. The van der Waals surface area contributed by atoms with E-state index in [0.717, 1.165) is 3.92 Å². The highest BCUT2D eigenvalue weighted by molar-refractivity contribution is 14.1. The maximum Gasteiger partial charge on any atom is 0.0110 e. The highest BCUT2D eigenvalue weighted by Crippen LogP contribution is 2.18. The molecule has 15 heavy (non-hydrogen) atoms. The van der Waals surface area contributed by atoms with Gasteiger partial charge in [0.05, 0.1) is 0 Å². The van der Waals surface area contributed by atoms with Gasteiger partial charge in [-0.15, -0.1) is 0 Å². The van der Waals surface area contributed by atoms with Crippen LogP contribution in [0.5, 0.6) is 0 Å². The Hall–Kier alpha value is 0.730. The molecule has 0 heterocycles. The number of alkyl halides is 1. The van der Waals surface area contributed by atoms with E-state index in [9.17, 15) is 0 Å². The van der Waals surface area contributed by atoms with Crippen molar-refractivity contribution < 1.29 is 0 Å². The minimum atomic E-state index is 0.943. The minimum Gasteiger partial charge on any atom is -0.0826 e. The summed E-state index contributed by atoms with van der Waals surface area (Å²) in [7, 11) is 0. The first kappa shape index (κ1) is 15.7. The van der Waals surface area contributed by atoms with Crippen LogP contribution in [0.15, 0.2) is 0 Å². The summed E-state index contributed by atoms with van der Waals surface area (Å²) < 4.78 is 0.943. The van der Waals surface area contributed by atoms with Crippen molar-refractivity contribution >= 4 is 22.6 Å². The van der Waals surface area contributed by atoms with Gasteiger partial charge >= 0.3 is 0 Å². The van der Waals surface area contributed by atoms with Gasteiger partial charge in [0, 0.05) is 3.92 Å². The highest BCUT2D eigenvalue weighted by Gasteiger charge is 2.02. The number of unbranched alkanes of at least 4 members (excludes halogenated alkanes) is 7. The zero-order valence-electron chi connectivity index (χ0n) is 10.7. The maximum atomic E-state index is 2.64. The van der Waals surface area contributed by atoms with Crippen LogP contribution in [0.2, 0.25) is 0 Å². The maximum absolute atomic E-state index is 2.64. The number of hydrogen-bond acceptors (Lipinski definition) is 0. The molecule has 0 aromatic carbocycles. The molecule has 0 N–H and O–H groups in total. The molecule has 0 bridgehead atoms. The monoisotopic (exact) mass is 324 g/mol. The van der Waals surface area contributed by atoms with Crippen molar-refractivity contribution in [3.8, 4) is 0 Å². The Morgan fingerprint density at radius 3 is 1.73 bits per heavy atom. The summed E-state index contributed by atoms with van der Waals surface area (Å²) in [5.41, 5.74) is 0. The molecule has 0 aliphatic carbocycles. The van der Waals surface area contributed by atoms with Crippen LogP contribution in [0.25, 0.3) is 0 Å². The lowest BCUT2D eigenvalue weighted by Gasteiger charge is -2.08. The first-order valence-electron chi connectivity index (χ1n) is 6.95. The Morgan fingerprint density at radius 2 is 1.13 bits per heavy atom. The third kappa shape index (κ3) is 12.7. The van der Waals surface area contributed by atoms with E-state index >= 15 is 0 Å². The molecule has 0 saturated heterocycles. The number of halogens is 1. The predicted molar refractivity (Wildman–Crippen MR) is 79.9 cm³/mol. The Labute approximate surface area is 111 Å². The second-order valence-corrected chi connectivity index (χ2v) is 6.41. The van der Waals surface area contributed by atoms with E-state index < -0.39 is 0 Å². The number of hydrogen-bond donors (Lipinski definition) is 0. The van der Waals surface area contributed by atoms with Crippen LogP contribution in [-0.2, 0) is 0 Å². The van der Waals surface area contributed by atoms with E-state index in [1.54, 1.807) is 0 Å². The van der Waals surface area contributed by atoms with Gasteiger partial charge in [-0.05, 0) is 12.8 Å². The summed E-state index contributed by atoms with van der Waals surface area (Å²) in [6, 6.07) is 0. The summed E-state index contributed by atoms with van der Waals surface area (Å²) in [4.78, 5) is 0. The molecule has 0 aromatic heterocycles. The van der Waals surface area contributed by atoms with Crippen LogP contribution < -0.4 is 0 Å². The van der Waals surface area contributed by atoms with Crippen molar-refractivity contribution in [1.82, 2.24) is 0 Å². The lowest BCUT2D eigenvalue weighted by Crippen LogP contribution is -1.97. The fourth-order valence-electron chi connectivity index (χ4n) is 1.89. The minimum absolute atomic E-state index is 0.943. The molecule has 0 rings (SSSR count). The summed E-state index contributed by atoms with van der Waals surface area (Å²) in [5, 5.41) is 0. The molecular weight excluding hydrogens is 295 g/mol. The van der Waals surface area contributed by atoms with Gasteiger partial charge in [0.25, 0.3) is 0 Å². The Kier molecular flexibility index (Phi) is 13.4. The quantitative estimate of drug-likeness (QED) is 0.244. The van der Waals surface area contributed by atoms with Crippen LogP contribution in [0.3, 0.4) is 0 Å². The van der Waals surface area contributed by atoms with Gasteiger partial charge in [0.2, 0.25) is 0 Å². The average Bonchev–Trinajstić information content (AvgIpc) is 2.25. The van der Waals surface area contributed by atoms with Crippen molar-refractivity contribution in [2.45, 2.75) is 88.4 Å². The van der Waals surface area contributed by atoms with Gasteiger partial charge in [0.15, 0.2) is 0 Å². The molecule has 0 saturated carbocycles. The molecular formula is C14H29I. The first-order valence-corrected chi connectivity index (χ1v) is 8.19. The Bertz CT molecular complexity index is 112. The summed E-state index contributed by atoms with van der Waals surface area (Å²) in [5.74, 6) is 0. The van der Waals surface area contributed by atoms with E-state index in [1.165, 1.54) is 70.6 Å². The molecule has 1 unspecified atom stereocenters. The van der Waals surface area contributed by atoms with Gasteiger partial charge in [-0.1, -0.05) is 94.2 Å². The molecule has 1 heteroatoms. The highest BCUT2D eigenvalue weighted by atomic mass is 127. The number of rotatable bonds is 11. The smallest absolute Gasteiger partial charge is 0.0110 e. The molecule has 0 aliphatic rings. The van der Waals surface area contributed by atoms with Crippen LogP contribution in [0.4, 0.5) is 0 Å². The van der Waals surface area contributed by atoms with Crippen LogP contribution in [0.1, 0.15) is 84.5 Å². The van der Waals surface area contributed by atoms with Gasteiger partial charge < -0.3 is 0 Å². The third-order valence-corrected chi connectivity index (χ3v) is 4.24. The molecule has 0 radical (unpaired) electrons. The molecule has 0 amide bonds. The summed E-state index contributed by atoms with van der Waals surface area (Å²) in [6.07, 6.45) is 15.8. The van der Waals surface area contributed by atoms with E-state index in [-0.39, 0.29) is 0 Å². The molecule has 0 nitrogen and oxygen atoms in total. The van der Waals surface area contributed by atoms with Crippen LogP contribution in [-0.4, -0.2) is 3.92 Å². The van der Waals surface area contributed by atoms with E-state index in [0.29, 0.717) is 0 Å². The van der Waals surface area contributed by atoms with Crippen LogP contribution >= 0.6 is 22.6 Å². The molecule has 1 atom stereocenters. The van der Waals surface area contributed by atoms with Gasteiger partial charge in [0.1, 0.15) is 0 Å². The Balaban J connectivity index is 3.02. The lowest BCUT2D eigenvalue weighted by atomic mass is 10.1. The zero-order valence-corrected chi connectivity index (χ0v) is 12.9. The normalized spacial score (nSPS) is 13.0. The van der Waals surface area contributed by atoms with E-state index in [4.69, 9.17) is 0 Å². The topological polar surface area (TPSA) is 0 Å². The second kappa shape index (κ2) is 12.8. The van der Waals surface area contributed by atoms with E-state index in [2.05, 4.69) is 36.4 Å². The zero-order chi connectivity index (χ0) is 11.4. The fourth-order valence-corrected chi connectivity index (χ4v) is 2.77. The van der Waals surface area contributed by atoms with Gasteiger partial charge in [-0.25, -0.2) is 0 Å². The second-order valence-electron chi connectivity index (χ2n) is 4.65. The summed E-state index contributed by atoms with van der Waals surface area (Å²) in [6.45, 7) is 4.57. The average molecular weight is 324 g/mol. The fraction of sp³-hybridized carbons (Fsp3) is 1.00. The molecule has 0 spiro atoms. The lowest BCUT2D eigenvalue weighted by molar-refractivity contribution is 0.560.